The Morgan fingerprint density at radius 2 is 1.97 bits per heavy atom. The second kappa shape index (κ2) is 12.3. The fourth-order valence-electron chi connectivity index (χ4n) is 3.49. The van der Waals surface area contributed by atoms with Crippen molar-refractivity contribution >= 4 is 35.5 Å². The van der Waals surface area contributed by atoms with E-state index < -0.39 is 42.5 Å². The van der Waals surface area contributed by atoms with Crippen molar-refractivity contribution in [3.63, 3.8) is 0 Å². The number of amides is 3. The minimum Gasteiger partial charge on any atom is -0.480 e. The van der Waals surface area contributed by atoms with E-state index in [9.17, 15) is 19.2 Å². The first-order chi connectivity index (χ1) is 14.8. The van der Waals surface area contributed by atoms with E-state index in [0.717, 1.165) is 11.3 Å². The smallest absolute Gasteiger partial charge is 0.322 e. The van der Waals surface area contributed by atoms with E-state index >= 15 is 0 Å². The molecule has 5 N–H and O–H groups in total. The van der Waals surface area contributed by atoms with Crippen LogP contribution in [0.15, 0.2) is 30.3 Å². The van der Waals surface area contributed by atoms with E-state index in [0.29, 0.717) is 25.8 Å². The van der Waals surface area contributed by atoms with Crippen LogP contribution in [0.5, 0.6) is 0 Å². The Bertz CT molecular complexity index is 776. The molecule has 1 saturated heterocycles. The lowest BCUT2D eigenvalue weighted by atomic mass is 10.0. The number of benzene rings is 1. The van der Waals surface area contributed by atoms with Gasteiger partial charge in [0.1, 0.15) is 18.6 Å². The Hall–Kier alpha value is -2.59. The third-order valence-electron chi connectivity index (χ3n) is 5.12. The van der Waals surface area contributed by atoms with Crippen LogP contribution in [0.3, 0.4) is 0 Å². The minimum atomic E-state index is -1.15. The van der Waals surface area contributed by atoms with E-state index in [1.165, 1.54) is 4.90 Å². The molecule has 9 nitrogen and oxygen atoms in total. The van der Waals surface area contributed by atoms with Crippen molar-refractivity contribution in [2.45, 2.75) is 43.8 Å². The fourth-order valence-corrected chi connectivity index (χ4v) is 3.98. The number of carboxylic acids is 1. The predicted octanol–water partition coefficient (Wildman–Crippen LogP) is -0.0139. The number of carbonyl (C=O) groups excluding carboxylic acids is 3. The molecule has 0 saturated carbocycles. The molecule has 10 heteroatoms. The first-order valence-electron chi connectivity index (χ1n) is 10.2. The molecular weight excluding hydrogens is 420 g/mol. The van der Waals surface area contributed by atoms with Crippen LogP contribution in [-0.4, -0.2) is 76.9 Å². The molecule has 0 aliphatic carbocycles. The van der Waals surface area contributed by atoms with Crippen molar-refractivity contribution in [1.82, 2.24) is 15.5 Å². The summed E-state index contributed by atoms with van der Waals surface area (Å²) in [5.74, 6) is -1.71. The third-order valence-corrected chi connectivity index (χ3v) is 5.76. The van der Waals surface area contributed by atoms with Crippen LogP contribution in [-0.2, 0) is 25.6 Å². The van der Waals surface area contributed by atoms with Crippen molar-refractivity contribution in [2.24, 2.45) is 5.73 Å². The zero-order valence-corrected chi connectivity index (χ0v) is 18.4. The maximum atomic E-state index is 13.3. The molecule has 0 bridgehead atoms. The van der Waals surface area contributed by atoms with Crippen LogP contribution in [0, 0.1) is 0 Å². The number of carbonyl (C=O) groups is 4. The normalized spacial score (nSPS) is 17.6. The Morgan fingerprint density at radius 3 is 2.61 bits per heavy atom. The molecule has 1 fully saturated rings. The lowest BCUT2D eigenvalue weighted by Gasteiger charge is -2.29. The van der Waals surface area contributed by atoms with E-state index in [1.807, 2.05) is 36.6 Å². The molecule has 1 aromatic carbocycles. The van der Waals surface area contributed by atoms with Gasteiger partial charge in [0, 0.05) is 13.0 Å². The van der Waals surface area contributed by atoms with E-state index in [1.54, 1.807) is 11.8 Å². The number of hydrogen-bond donors (Lipinski definition) is 4. The standard InChI is InChI=1S/C21H30N4O5S/c1-31-11-9-15(22)19(28)24-16(12-14-6-3-2-4-7-14)21(30)25-10-5-8-17(25)20(29)23-13-18(26)27/h2-4,6-7,15-17H,5,8-13,22H2,1H3,(H,23,29)(H,24,28)(H,26,27). The van der Waals surface area contributed by atoms with Crippen LogP contribution in [0.4, 0.5) is 0 Å². The number of aliphatic carboxylic acids is 1. The summed E-state index contributed by atoms with van der Waals surface area (Å²) in [6, 6.07) is 6.92. The van der Waals surface area contributed by atoms with Gasteiger partial charge in [-0.25, -0.2) is 0 Å². The van der Waals surface area contributed by atoms with Gasteiger partial charge in [-0.1, -0.05) is 30.3 Å². The zero-order chi connectivity index (χ0) is 22.8. The van der Waals surface area contributed by atoms with Gasteiger partial charge in [0.2, 0.25) is 17.7 Å². The van der Waals surface area contributed by atoms with Gasteiger partial charge < -0.3 is 26.4 Å². The summed E-state index contributed by atoms with van der Waals surface area (Å²) in [5.41, 5.74) is 6.84. The Kier molecular flexibility index (Phi) is 9.80. The SMILES string of the molecule is CSCCC(N)C(=O)NC(Cc1ccccc1)C(=O)N1CCCC1C(=O)NCC(=O)O. The van der Waals surface area contributed by atoms with Crippen LogP contribution < -0.4 is 16.4 Å². The quantitative estimate of drug-likeness (QED) is 0.371. The third kappa shape index (κ3) is 7.55. The maximum absolute atomic E-state index is 13.3. The molecule has 0 radical (unpaired) electrons. The molecule has 0 spiro atoms. The highest BCUT2D eigenvalue weighted by Gasteiger charge is 2.38. The summed E-state index contributed by atoms with van der Waals surface area (Å²) in [5, 5.41) is 13.9. The number of nitrogens with one attached hydrogen (secondary N) is 2. The lowest BCUT2D eigenvalue weighted by Crippen LogP contribution is -2.56. The molecule has 1 aliphatic heterocycles. The molecule has 1 aromatic rings. The lowest BCUT2D eigenvalue weighted by molar-refractivity contribution is -0.142. The molecular formula is C21H30N4O5S. The Morgan fingerprint density at radius 1 is 1.26 bits per heavy atom. The average Bonchev–Trinajstić information content (AvgIpc) is 3.25. The van der Waals surface area contributed by atoms with Gasteiger partial charge in [-0.15, -0.1) is 0 Å². The molecule has 31 heavy (non-hydrogen) atoms. The second-order valence-electron chi connectivity index (χ2n) is 7.44. The summed E-state index contributed by atoms with van der Waals surface area (Å²) >= 11 is 1.58. The van der Waals surface area contributed by atoms with Gasteiger partial charge in [-0.3, -0.25) is 19.2 Å². The van der Waals surface area contributed by atoms with Crippen LogP contribution in [0.25, 0.3) is 0 Å². The second-order valence-corrected chi connectivity index (χ2v) is 8.43. The number of likely N-dealkylation sites (tertiary alicyclic amines) is 1. The maximum Gasteiger partial charge on any atom is 0.322 e. The molecule has 3 amide bonds. The van der Waals surface area contributed by atoms with E-state index in [2.05, 4.69) is 10.6 Å². The highest BCUT2D eigenvalue weighted by molar-refractivity contribution is 7.98. The minimum absolute atomic E-state index is 0.265. The van der Waals surface area contributed by atoms with Gasteiger partial charge in [0.25, 0.3) is 0 Å². The molecule has 1 heterocycles. The van der Waals surface area contributed by atoms with Gasteiger partial charge in [0.15, 0.2) is 0 Å². The van der Waals surface area contributed by atoms with Crippen molar-refractivity contribution in [2.75, 3.05) is 25.1 Å². The Balaban J connectivity index is 2.15. The van der Waals surface area contributed by atoms with Crippen molar-refractivity contribution in [3.05, 3.63) is 35.9 Å². The number of nitrogens with zero attached hydrogens (tertiary/aromatic N) is 1. The monoisotopic (exact) mass is 450 g/mol. The first kappa shape index (κ1) is 24.7. The van der Waals surface area contributed by atoms with Crippen molar-refractivity contribution in [3.8, 4) is 0 Å². The average molecular weight is 451 g/mol. The van der Waals surface area contributed by atoms with Crippen molar-refractivity contribution in [1.29, 1.82) is 0 Å². The summed E-state index contributed by atoms with van der Waals surface area (Å²) in [4.78, 5) is 50.5. The largest absolute Gasteiger partial charge is 0.480 e. The summed E-state index contributed by atoms with van der Waals surface area (Å²) in [6.45, 7) is -0.143. The Labute approximate surface area is 186 Å². The van der Waals surface area contributed by atoms with E-state index in [-0.39, 0.29) is 12.3 Å². The molecule has 1 aliphatic rings. The summed E-state index contributed by atoms with van der Waals surface area (Å²) in [7, 11) is 0. The van der Waals surface area contributed by atoms with Crippen molar-refractivity contribution < 1.29 is 24.3 Å². The predicted molar refractivity (Wildman–Crippen MR) is 118 cm³/mol. The van der Waals surface area contributed by atoms with Gasteiger partial charge in [-0.05, 0) is 36.8 Å². The first-order valence-corrected chi connectivity index (χ1v) is 11.6. The molecule has 2 rings (SSSR count). The number of rotatable bonds is 11. The number of carboxylic acid groups (broad SMARTS) is 1. The van der Waals surface area contributed by atoms with Gasteiger partial charge >= 0.3 is 5.97 Å². The summed E-state index contributed by atoms with van der Waals surface area (Å²) < 4.78 is 0. The van der Waals surface area contributed by atoms with Crippen LogP contribution in [0.2, 0.25) is 0 Å². The molecule has 170 valence electrons. The molecule has 0 aromatic heterocycles. The number of thioether (sulfide) groups is 1. The highest BCUT2D eigenvalue weighted by atomic mass is 32.2. The summed E-state index contributed by atoms with van der Waals surface area (Å²) in [6.07, 6.45) is 3.74. The van der Waals surface area contributed by atoms with E-state index in [4.69, 9.17) is 10.8 Å². The van der Waals surface area contributed by atoms with Crippen LogP contribution >= 0.6 is 11.8 Å². The molecule has 3 atom stereocenters. The highest BCUT2D eigenvalue weighted by Crippen LogP contribution is 2.20. The van der Waals surface area contributed by atoms with Gasteiger partial charge in [-0.2, -0.15) is 11.8 Å². The van der Waals surface area contributed by atoms with Crippen LogP contribution in [0.1, 0.15) is 24.8 Å². The molecule has 3 unspecified atom stereocenters. The number of hydrogen-bond acceptors (Lipinski definition) is 6. The fraction of sp³-hybridized carbons (Fsp3) is 0.524. The van der Waals surface area contributed by atoms with Gasteiger partial charge in [0.05, 0.1) is 6.04 Å². The topological polar surface area (TPSA) is 142 Å². The zero-order valence-electron chi connectivity index (χ0n) is 17.6. The number of nitrogens with two attached hydrogens (primary N) is 1.